The van der Waals surface area contributed by atoms with Crippen LogP contribution in [0.4, 0.5) is 0 Å². The molecule has 10 heteroatoms. The Labute approximate surface area is 164 Å². The fourth-order valence-electron chi connectivity index (χ4n) is 2.48. The van der Waals surface area contributed by atoms with Crippen molar-refractivity contribution in [3.05, 3.63) is 73.9 Å². The fourth-order valence-corrected chi connectivity index (χ4v) is 3.09. The van der Waals surface area contributed by atoms with Gasteiger partial charge < -0.3 is 14.7 Å². The van der Waals surface area contributed by atoms with Crippen molar-refractivity contribution >= 4 is 17.7 Å². The van der Waals surface area contributed by atoms with Crippen LogP contribution in [0.5, 0.6) is 0 Å². The van der Waals surface area contributed by atoms with Gasteiger partial charge in [0.15, 0.2) is 0 Å². The van der Waals surface area contributed by atoms with E-state index in [-0.39, 0.29) is 29.2 Å². The highest BCUT2D eigenvalue weighted by molar-refractivity contribution is 7.99. The van der Waals surface area contributed by atoms with E-state index in [0.29, 0.717) is 17.8 Å². The lowest BCUT2D eigenvalue weighted by Gasteiger charge is -2.04. The predicted molar refractivity (Wildman–Crippen MR) is 103 cm³/mol. The molecular formula is C18H19N5O4S. The van der Waals surface area contributed by atoms with Gasteiger partial charge in [0.05, 0.1) is 12.2 Å². The largest absolute Gasteiger partial charge is 0.416 e. The number of aromatic amines is 1. The smallest absolute Gasteiger partial charge is 0.328 e. The molecule has 2 aromatic heterocycles. The summed E-state index contributed by atoms with van der Waals surface area (Å²) in [6.45, 7) is 2.09. The summed E-state index contributed by atoms with van der Waals surface area (Å²) in [5.41, 5.74) is 0.964. The normalized spacial score (nSPS) is 10.8. The minimum atomic E-state index is -0.477. The van der Waals surface area contributed by atoms with Gasteiger partial charge in [-0.05, 0) is 12.5 Å². The molecule has 146 valence electrons. The van der Waals surface area contributed by atoms with E-state index in [1.54, 1.807) is 6.92 Å². The second-order valence-electron chi connectivity index (χ2n) is 6.09. The SMILES string of the molecule is Cc1[nH]c(=O)n(C)c(=O)c1Cc1nnc(SCC(=O)NCc2ccccc2)o1. The molecule has 0 aliphatic rings. The lowest BCUT2D eigenvalue weighted by Crippen LogP contribution is -2.36. The second kappa shape index (κ2) is 8.70. The van der Waals surface area contributed by atoms with Crippen LogP contribution in [0.25, 0.3) is 0 Å². The molecule has 0 aliphatic heterocycles. The number of aryl methyl sites for hydroxylation is 1. The van der Waals surface area contributed by atoms with Crippen molar-refractivity contribution in [3.63, 3.8) is 0 Å². The lowest BCUT2D eigenvalue weighted by molar-refractivity contribution is -0.118. The summed E-state index contributed by atoms with van der Waals surface area (Å²) in [4.78, 5) is 38.3. The van der Waals surface area contributed by atoms with Crippen molar-refractivity contribution < 1.29 is 9.21 Å². The lowest BCUT2D eigenvalue weighted by atomic mass is 10.2. The average molecular weight is 401 g/mol. The Morgan fingerprint density at radius 2 is 2.00 bits per heavy atom. The van der Waals surface area contributed by atoms with Gasteiger partial charge in [-0.15, -0.1) is 10.2 Å². The van der Waals surface area contributed by atoms with E-state index in [2.05, 4.69) is 20.5 Å². The maximum atomic E-state index is 12.2. The van der Waals surface area contributed by atoms with E-state index in [4.69, 9.17) is 4.42 Å². The third-order valence-corrected chi connectivity index (χ3v) is 4.87. The zero-order valence-corrected chi connectivity index (χ0v) is 16.2. The molecule has 0 bridgehead atoms. The van der Waals surface area contributed by atoms with E-state index in [1.165, 1.54) is 7.05 Å². The number of hydrogen-bond donors (Lipinski definition) is 2. The Morgan fingerprint density at radius 3 is 2.75 bits per heavy atom. The third kappa shape index (κ3) is 4.77. The molecule has 0 aliphatic carbocycles. The van der Waals surface area contributed by atoms with Crippen LogP contribution in [0.1, 0.15) is 22.7 Å². The summed E-state index contributed by atoms with van der Waals surface area (Å²) in [5.74, 6) is 0.215. The first-order valence-corrected chi connectivity index (χ1v) is 9.47. The highest BCUT2D eigenvalue weighted by Crippen LogP contribution is 2.17. The maximum Gasteiger partial charge on any atom is 0.328 e. The average Bonchev–Trinajstić information content (AvgIpc) is 3.15. The molecule has 0 saturated carbocycles. The van der Waals surface area contributed by atoms with Gasteiger partial charge in [-0.2, -0.15) is 0 Å². The number of H-pyrrole nitrogens is 1. The first-order valence-electron chi connectivity index (χ1n) is 8.48. The molecular weight excluding hydrogens is 382 g/mol. The molecule has 28 heavy (non-hydrogen) atoms. The summed E-state index contributed by atoms with van der Waals surface area (Å²) in [6, 6.07) is 9.60. The Balaban J connectivity index is 1.56. The number of nitrogens with zero attached hydrogens (tertiary/aromatic N) is 3. The van der Waals surface area contributed by atoms with Gasteiger partial charge in [0.1, 0.15) is 0 Å². The molecule has 0 spiro atoms. The quantitative estimate of drug-likeness (QED) is 0.561. The molecule has 0 radical (unpaired) electrons. The van der Waals surface area contributed by atoms with Gasteiger partial charge >= 0.3 is 5.69 Å². The van der Waals surface area contributed by atoms with Gasteiger partial charge in [-0.1, -0.05) is 42.1 Å². The number of carbonyl (C=O) groups excluding carboxylic acids is 1. The van der Waals surface area contributed by atoms with Gasteiger partial charge in [-0.25, -0.2) is 4.79 Å². The molecule has 2 N–H and O–H groups in total. The molecule has 1 amide bonds. The molecule has 0 saturated heterocycles. The molecule has 9 nitrogen and oxygen atoms in total. The Kier molecular flexibility index (Phi) is 6.09. The summed E-state index contributed by atoms with van der Waals surface area (Å²) in [7, 11) is 1.40. The van der Waals surface area contributed by atoms with Crippen molar-refractivity contribution in [2.75, 3.05) is 5.75 Å². The van der Waals surface area contributed by atoms with Gasteiger partial charge in [0.2, 0.25) is 11.8 Å². The number of aromatic nitrogens is 4. The number of nitrogens with one attached hydrogen (secondary N) is 2. The van der Waals surface area contributed by atoms with Crippen LogP contribution in [-0.2, 0) is 24.8 Å². The highest BCUT2D eigenvalue weighted by Gasteiger charge is 2.15. The van der Waals surface area contributed by atoms with Gasteiger partial charge in [0.25, 0.3) is 10.8 Å². The summed E-state index contributed by atoms with van der Waals surface area (Å²) < 4.78 is 6.49. The number of amides is 1. The predicted octanol–water partition coefficient (Wildman–Crippen LogP) is 0.764. The van der Waals surface area contributed by atoms with Gasteiger partial charge in [0, 0.05) is 24.8 Å². The van der Waals surface area contributed by atoms with Crippen molar-refractivity contribution in [3.8, 4) is 0 Å². The number of hydrogen-bond acceptors (Lipinski definition) is 7. The second-order valence-corrected chi connectivity index (χ2v) is 7.01. The zero-order valence-electron chi connectivity index (χ0n) is 15.4. The monoisotopic (exact) mass is 401 g/mol. The van der Waals surface area contributed by atoms with Crippen LogP contribution in [0.2, 0.25) is 0 Å². The fraction of sp³-hybridized carbons (Fsp3) is 0.278. The maximum absolute atomic E-state index is 12.2. The Morgan fingerprint density at radius 1 is 1.25 bits per heavy atom. The molecule has 2 heterocycles. The molecule has 1 aromatic carbocycles. The van der Waals surface area contributed by atoms with E-state index < -0.39 is 11.2 Å². The first kappa shape index (κ1) is 19.6. The number of benzene rings is 1. The van der Waals surface area contributed by atoms with E-state index in [9.17, 15) is 14.4 Å². The first-order chi connectivity index (χ1) is 13.4. The van der Waals surface area contributed by atoms with Crippen LogP contribution in [0.3, 0.4) is 0 Å². The van der Waals surface area contributed by atoms with Crippen molar-refractivity contribution in [2.24, 2.45) is 7.05 Å². The van der Waals surface area contributed by atoms with Crippen LogP contribution in [0.15, 0.2) is 49.6 Å². The van der Waals surface area contributed by atoms with E-state index in [0.717, 1.165) is 21.9 Å². The number of thioether (sulfide) groups is 1. The number of rotatable bonds is 7. The van der Waals surface area contributed by atoms with Crippen LogP contribution >= 0.6 is 11.8 Å². The van der Waals surface area contributed by atoms with Crippen molar-refractivity contribution in [1.82, 2.24) is 25.1 Å². The van der Waals surface area contributed by atoms with E-state index in [1.807, 2.05) is 30.3 Å². The van der Waals surface area contributed by atoms with Crippen molar-refractivity contribution in [1.29, 1.82) is 0 Å². The summed E-state index contributed by atoms with van der Waals surface area (Å²) in [5, 5.41) is 10.8. The topological polar surface area (TPSA) is 123 Å². The van der Waals surface area contributed by atoms with Crippen molar-refractivity contribution in [2.45, 2.75) is 25.1 Å². The number of carbonyl (C=O) groups is 1. The zero-order chi connectivity index (χ0) is 20.1. The van der Waals surface area contributed by atoms with Gasteiger partial charge in [-0.3, -0.25) is 14.2 Å². The minimum Gasteiger partial charge on any atom is -0.416 e. The minimum absolute atomic E-state index is 0.100. The molecule has 0 fully saturated rings. The van der Waals surface area contributed by atoms with Crippen LogP contribution < -0.4 is 16.6 Å². The third-order valence-electron chi connectivity index (χ3n) is 4.05. The molecule has 3 aromatic rings. The van der Waals surface area contributed by atoms with Crippen LogP contribution in [0, 0.1) is 6.92 Å². The summed E-state index contributed by atoms with van der Waals surface area (Å²) >= 11 is 1.12. The Bertz CT molecular complexity index is 1090. The van der Waals surface area contributed by atoms with Crippen LogP contribution in [-0.4, -0.2) is 31.4 Å². The molecule has 0 atom stereocenters. The highest BCUT2D eigenvalue weighted by atomic mass is 32.2. The summed E-state index contributed by atoms with van der Waals surface area (Å²) in [6.07, 6.45) is 0.100. The molecule has 0 unspecified atom stereocenters. The standard InChI is InChI=1S/C18H19N5O4S/c1-11-13(16(25)23(2)17(26)20-11)8-15-21-22-18(27-15)28-10-14(24)19-9-12-6-4-3-5-7-12/h3-7H,8-10H2,1-2H3,(H,19,24)(H,20,26). The van der Waals surface area contributed by atoms with E-state index >= 15 is 0 Å². The molecule has 3 rings (SSSR count). The Hall–Kier alpha value is -3.14.